The Balaban J connectivity index is 2.72. The van der Waals surface area contributed by atoms with Crippen LogP contribution in [0.1, 0.15) is 0 Å². The molecule has 6 heteroatoms. The van der Waals surface area contributed by atoms with Gasteiger partial charge in [-0.05, 0) is 0 Å². The summed E-state index contributed by atoms with van der Waals surface area (Å²) >= 11 is 0. The van der Waals surface area contributed by atoms with Gasteiger partial charge in [0.05, 0.1) is 0 Å². The van der Waals surface area contributed by atoms with E-state index in [1.807, 2.05) is 5.43 Å². The zero-order valence-corrected chi connectivity index (χ0v) is 5.65. The van der Waals surface area contributed by atoms with Crippen molar-refractivity contribution >= 4 is 13.0 Å². The predicted molar refractivity (Wildman–Crippen MR) is 38.8 cm³/mol. The van der Waals surface area contributed by atoms with Gasteiger partial charge in [-0.1, -0.05) is 0 Å². The molecule has 1 rings (SSSR count). The van der Waals surface area contributed by atoms with E-state index in [-0.39, 0.29) is 5.76 Å². The van der Waals surface area contributed by atoms with Crippen molar-refractivity contribution in [1.29, 1.82) is 0 Å². The second-order valence-corrected chi connectivity index (χ2v) is 1.74. The van der Waals surface area contributed by atoms with Crippen LogP contribution < -0.4 is 11.3 Å². The summed E-state index contributed by atoms with van der Waals surface area (Å²) < 4.78 is 0. The van der Waals surface area contributed by atoms with Gasteiger partial charge in [-0.25, -0.2) is 0 Å². The van der Waals surface area contributed by atoms with E-state index in [1.54, 1.807) is 12.1 Å². The summed E-state index contributed by atoms with van der Waals surface area (Å²) in [4.78, 5) is 15.4. The van der Waals surface area contributed by atoms with E-state index in [1.165, 1.54) is 13.1 Å². The van der Waals surface area contributed by atoms with Gasteiger partial charge in [0.25, 0.3) is 0 Å². The first-order chi connectivity index (χ1) is 5.34. The molecule has 0 aromatic rings. The van der Waals surface area contributed by atoms with Crippen molar-refractivity contribution < 1.29 is 9.63 Å². The van der Waals surface area contributed by atoms with E-state index in [9.17, 15) is 4.79 Å². The first-order valence-corrected chi connectivity index (χ1v) is 2.93. The van der Waals surface area contributed by atoms with Crippen LogP contribution in [0.3, 0.4) is 0 Å². The molecular formula is C5H6BN3O2. The number of hydrogen-bond acceptors (Lipinski definition) is 4. The van der Waals surface area contributed by atoms with Gasteiger partial charge in [0.15, 0.2) is 0 Å². The van der Waals surface area contributed by atoms with Crippen LogP contribution in [0.15, 0.2) is 28.9 Å². The van der Waals surface area contributed by atoms with E-state index < -0.39 is 5.91 Å². The average Bonchev–Trinajstić information content (AvgIpc) is 2.30. The molecule has 1 amide bonds. The van der Waals surface area contributed by atoms with Crippen LogP contribution in [0.5, 0.6) is 0 Å². The van der Waals surface area contributed by atoms with Gasteiger partial charge in [0.1, 0.15) is 0 Å². The standard InChI is InChI=1S/C5H6BN3O2/c7-8-5(10)4-2-1-3-6-9-11-4/h1-3H,7H2,(H,8,10). The molecule has 0 atom stereocenters. The fourth-order valence-corrected chi connectivity index (χ4v) is 0.534. The Morgan fingerprint density at radius 2 is 2.64 bits per heavy atom. The van der Waals surface area contributed by atoms with Crippen molar-refractivity contribution in [3.8, 4) is 0 Å². The number of nitrogens with one attached hydrogen (secondary N) is 1. The van der Waals surface area contributed by atoms with Crippen molar-refractivity contribution in [2.45, 2.75) is 0 Å². The van der Waals surface area contributed by atoms with Crippen LogP contribution in [0.25, 0.3) is 0 Å². The minimum absolute atomic E-state index is 0.0671. The summed E-state index contributed by atoms with van der Waals surface area (Å²) in [7, 11) is 1.42. The summed E-state index contributed by atoms with van der Waals surface area (Å²) in [6, 6.07) is 0. The van der Waals surface area contributed by atoms with Crippen LogP contribution >= 0.6 is 0 Å². The molecule has 0 bridgehead atoms. The summed E-state index contributed by atoms with van der Waals surface area (Å²) in [5.74, 6) is 6.05. The Hall–Kier alpha value is -1.43. The molecule has 11 heavy (non-hydrogen) atoms. The van der Waals surface area contributed by atoms with E-state index in [2.05, 4.69) is 9.90 Å². The first kappa shape index (κ1) is 7.68. The minimum atomic E-state index is -0.506. The molecule has 1 aliphatic rings. The first-order valence-electron chi connectivity index (χ1n) is 2.93. The van der Waals surface area contributed by atoms with Gasteiger partial charge < -0.3 is 0 Å². The molecule has 3 N–H and O–H groups in total. The molecule has 0 unspecified atom stereocenters. The number of nitrogens with two attached hydrogens (primary N) is 1. The van der Waals surface area contributed by atoms with Gasteiger partial charge in [0, 0.05) is 0 Å². The third kappa shape index (κ3) is 2.01. The van der Waals surface area contributed by atoms with Crippen LogP contribution in [-0.2, 0) is 9.63 Å². The van der Waals surface area contributed by atoms with Gasteiger partial charge >= 0.3 is 62.8 Å². The molecule has 0 radical (unpaired) electrons. The maximum atomic E-state index is 10.8. The van der Waals surface area contributed by atoms with Gasteiger partial charge in [0.2, 0.25) is 0 Å². The normalized spacial score (nSPS) is 14.1. The molecule has 1 aliphatic heterocycles. The van der Waals surface area contributed by atoms with Crippen molar-refractivity contribution in [3.63, 3.8) is 0 Å². The average molecular weight is 151 g/mol. The van der Waals surface area contributed by atoms with Crippen LogP contribution in [0.2, 0.25) is 0 Å². The van der Waals surface area contributed by atoms with E-state index in [0.29, 0.717) is 0 Å². The molecule has 5 nitrogen and oxygen atoms in total. The molecule has 0 spiro atoms. The van der Waals surface area contributed by atoms with Crippen LogP contribution in [0.4, 0.5) is 0 Å². The van der Waals surface area contributed by atoms with E-state index >= 15 is 0 Å². The number of hydrogen-bond donors (Lipinski definition) is 2. The second kappa shape index (κ2) is 3.67. The van der Waals surface area contributed by atoms with Gasteiger partial charge in [-0.3, -0.25) is 0 Å². The quantitative estimate of drug-likeness (QED) is 0.223. The predicted octanol–water partition coefficient (Wildman–Crippen LogP) is -0.793. The molecule has 0 fully saturated rings. The molecule has 0 saturated carbocycles. The Kier molecular flexibility index (Phi) is 2.56. The Labute approximate surface area is 63.8 Å². The number of amides is 1. The van der Waals surface area contributed by atoms with Gasteiger partial charge in [-0.2, -0.15) is 0 Å². The van der Waals surface area contributed by atoms with E-state index in [4.69, 9.17) is 5.84 Å². The number of allylic oxidation sites excluding steroid dienone is 2. The SMILES string of the molecule is NNC(=O)C1=CC=CB=NO1. The third-order valence-corrected chi connectivity index (χ3v) is 1.01. The number of hydrazine groups is 1. The molecule has 0 aromatic carbocycles. The zero-order valence-electron chi connectivity index (χ0n) is 5.65. The van der Waals surface area contributed by atoms with Crippen LogP contribution in [0, 0.1) is 0 Å². The molecule has 0 aromatic heterocycles. The fraction of sp³-hybridized carbons (Fsp3) is 0. The summed E-state index contributed by atoms with van der Waals surface area (Å²) in [5, 5.41) is 3.42. The molecule has 1 heterocycles. The molecule has 0 aliphatic carbocycles. The maximum absolute atomic E-state index is 10.8. The van der Waals surface area contributed by atoms with E-state index in [0.717, 1.165) is 0 Å². The fourth-order valence-electron chi connectivity index (χ4n) is 0.534. The molecular weight excluding hydrogens is 145 g/mol. The third-order valence-electron chi connectivity index (χ3n) is 1.01. The molecule has 0 saturated heterocycles. The second-order valence-electron chi connectivity index (χ2n) is 1.74. The van der Waals surface area contributed by atoms with Crippen molar-refractivity contribution in [3.05, 3.63) is 23.9 Å². The summed E-state index contributed by atoms with van der Waals surface area (Å²) in [6.07, 6.45) is 3.09. The van der Waals surface area contributed by atoms with Crippen molar-refractivity contribution in [2.24, 2.45) is 10.9 Å². The summed E-state index contributed by atoms with van der Waals surface area (Å²) in [6.45, 7) is 0. The number of nitrogens with zero attached hydrogens (tertiary/aromatic N) is 1. The summed E-state index contributed by atoms with van der Waals surface area (Å²) in [5.41, 5.74) is 1.92. The van der Waals surface area contributed by atoms with Crippen molar-refractivity contribution in [2.75, 3.05) is 0 Å². The number of carbonyl (C=O) groups excluding carboxylic acids is 1. The zero-order chi connectivity index (χ0) is 8.10. The Bertz CT molecular complexity index is 246. The van der Waals surface area contributed by atoms with Crippen LogP contribution in [-0.4, -0.2) is 13.0 Å². The Morgan fingerprint density at radius 1 is 1.82 bits per heavy atom. The number of carbonyl (C=O) groups is 1. The monoisotopic (exact) mass is 151 g/mol. The van der Waals surface area contributed by atoms with Crippen molar-refractivity contribution in [1.82, 2.24) is 5.43 Å². The van der Waals surface area contributed by atoms with Gasteiger partial charge in [-0.15, -0.1) is 0 Å². The topological polar surface area (TPSA) is 76.7 Å². The number of rotatable bonds is 1. The molecule has 56 valence electrons. The Morgan fingerprint density at radius 3 is 3.36 bits per heavy atom.